The molecule has 1 heterocycles. The Hall–Kier alpha value is -1.36. The van der Waals surface area contributed by atoms with Crippen molar-refractivity contribution in [2.24, 2.45) is 0 Å². The maximum absolute atomic E-state index is 11.6. The maximum atomic E-state index is 11.6. The van der Waals surface area contributed by atoms with E-state index < -0.39 is 5.54 Å². The number of hydrogen-bond donors (Lipinski definition) is 1. The van der Waals surface area contributed by atoms with E-state index in [2.05, 4.69) is 5.32 Å². The van der Waals surface area contributed by atoms with Crippen molar-refractivity contribution in [3.63, 3.8) is 0 Å². The van der Waals surface area contributed by atoms with E-state index in [0.29, 0.717) is 19.8 Å². The van der Waals surface area contributed by atoms with Gasteiger partial charge in [0.1, 0.15) is 0 Å². The molecule has 1 aliphatic heterocycles. The number of carbonyl (C=O) groups excluding carboxylic acids is 2. The summed E-state index contributed by atoms with van der Waals surface area (Å²) in [5, 5.41) is 2.81. The molecule has 1 rings (SSSR count). The Labute approximate surface area is 101 Å². The third-order valence-electron chi connectivity index (χ3n) is 2.35. The highest BCUT2D eigenvalue weighted by Crippen LogP contribution is 2.22. The Morgan fingerprint density at radius 3 is 2.47 bits per heavy atom. The summed E-state index contributed by atoms with van der Waals surface area (Å²) >= 11 is 0. The molecule has 1 fully saturated rings. The lowest BCUT2D eigenvalue weighted by Crippen LogP contribution is -2.63. The molecule has 0 radical (unpaired) electrons. The van der Waals surface area contributed by atoms with Crippen molar-refractivity contribution in [2.45, 2.75) is 32.7 Å². The molecule has 0 saturated carbocycles. The number of amides is 1. The van der Waals surface area contributed by atoms with E-state index >= 15 is 0 Å². The Kier molecular flexibility index (Phi) is 4.69. The molecule has 0 atom stereocenters. The molecule has 5 heteroatoms. The van der Waals surface area contributed by atoms with Gasteiger partial charge < -0.3 is 14.8 Å². The summed E-state index contributed by atoms with van der Waals surface area (Å²) in [6.07, 6.45) is 1.66. The first-order valence-corrected chi connectivity index (χ1v) is 5.68. The van der Waals surface area contributed by atoms with Crippen molar-refractivity contribution < 1.29 is 19.1 Å². The first-order chi connectivity index (χ1) is 7.97. The quantitative estimate of drug-likeness (QED) is 0.571. The molecular weight excluding hydrogens is 222 g/mol. The van der Waals surface area contributed by atoms with Crippen LogP contribution in [0, 0.1) is 0 Å². The molecule has 0 spiro atoms. The minimum atomic E-state index is -0.588. The van der Waals surface area contributed by atoms with Crippen molar-refractivity contribution >= 4 is 11.9 Å². The first-order valence-electron chi connectivity index (χ1n) is 5.68. The number of allylic oxidation sites excluding steroid dienone is 1. The lowest BCUT2D eigenvalue weighted by atomic mass is 9.93. The van der Waals surface area contributed by atoms with Gasteiger partial charge in [-0.1, -0.05) is 5.57 Å². The minimum absolute atomic E-state index is 0.156. The predicted molar refractivity (Wildman–Crippen MR) is 62.4 cm³/mol. The molecule has 1 saturated heterocycles. The lowest BCUT2D eigenvalue weighted by Gasteiger charge is -2.41. The second-order valence-corrected chi connectivity index (χ2v) is 4.47. The van der Waals surface area contributed by atoms with E-state index in [4.69, 9.17) is 9.47 Å². The van der Waals surface area contributed by atoms with Crippen molar-refractivity contribution in [3.05, 3.63) is 11.6 Å². The van der Waals surface area contributed by atoms with Gasteiger partial charge in [-0.15, -0.1) is 0 Å². The van der Waals surface area contributed by atoms with Crippen LogP contribution in [0.25, 0.3) is 0 Å². The second-order valence-electron chi connectivity index (χ2n) is 4.47. The number of hydrogen-bond acceptors (Lipinski definition) is 4. The van der Waals surface area contributed by atoms with Crippen molar-refractivity contribution in [1.82, 2.24) is 5.32 Å². The van der Waals surface area contributed by atoms with Crippen LogP contribution in [-0.2, 0) is 19.1 Å². The molecule has 1 amide bonds. The van der Waals surface area contributed by atoms with Gasteiger partial charge in [0.15, 0.2) is 0 Å². The van der Waals surface area contributed by atoms with E-state index in [0.717, 1.165) is 5.57 Å². The van der Waals surface area contributed by atoms with Gasteiger partial charge in [0, 0.05) is 6.08 Å². The van der Waals surface area contributed by atoms with E-state index in [1.54, 1.807) is 6.92 Å². The van der Waals surface area contributed by atoms with Crippen LogP contribution in [-0.4, -0.2) is 37.2 Å². The van der Waals surface area contributed by atoms with Crippen LogP contribution >= 0.6 is 0 Å². The standard InChI is InChI=1S/C12H19NO4/c1-4-17-11(15)6-12(7-16-8-12)13-10(14)5-9(2)3/h5H,4,6-8H2,1-3H3,(H,13,14). The molecule has 0 aromatic rings. The molecule has 1 N–H and O–H groups in total. The fourth-order valence-corrected chi connectivity index (χ4v) is 1.61. The average Bonchev–Trinajstić information content (AvgIpc) is 2.13. The molecule has 0 aliphatic carbocycles. The second kappa shape index (κ2) is 5.82. The van der Waals surface area contributed by atoms with Crippen LogP contribution in [0.3, 0.4) is 0 Å². The zero-order valence-corrected chi connectivity index (χ0v) is 10.5. The molecular formula is C12H19NO4. The Bertz CT molecular complexity index is 327. The third-order valence-corrected chi connectivity index (χ3v) is 2.35. The normalized spacial score (nSPS) is 16.6. The van der Waals surface area contributed by atoms with Gasteiger partial charge in [0.25, 0.3) is 0 Å². The third kappa shape index (κ3) is 4.19. The fraction of sp³-hybridized carbons (Fsp3) is 0.667. The van der Waals surface area contributed by atoms with Crippen LogP contribution in [0.2, 0.25) is 0 Å². The fourth-order valence-electron chi connectivity index (χ4n) is 1.61. The summed E-state index contributed by atoms with van der Waals surface area (Å²) in [7, 11) is 0. The first kappa shape index (κ1) is 13.7. The number of rotatable bonds is 5. The van der Waals surface area contributed by atoms with Crippen molar-refractivity contribution in [2.75, 3.05) is 19.8 Å². The summed E-state index contributed by atoms with van der Waals surface area (Å²) in [5.41, 5.74) is 0.323. The van der Waals surface area contributed by atoms with Crippen LogP contribution in [0.4, 0.5) is 0 Å². The molecule has 0 bridgehead atoms. The van der Waals surface area contributed by atoms with Gasteiger partial charge in [-0.2, -0.15) is 0 Å². The smallest absolute Gasteiger partial charge is 0.308 e. The number of ether oxygens (including phenoxy) is 2. The highest BCUT2D eigenvalue weighted by Gasteiger charge is 2.42. The van der Waals surface area contributed by atoms with Crippen LogP contribution in [0.5, 0.6) is 0 Å². The van der Waals surface area contributed by atoms with Crippen molar-refractivity contribution in [3.8, 4) is 0 Å². The van der Waals surface area contributed by atoms with Crippen molar-refractivity contribution in [1.29, 1.82) is 0 Å². The van der Waals surface area contributed by atoms with Crippen LogP contribution < -0.4 is 5.32 Å². The summed E-state index contributed by atoms with van der Waals surface area (Å²) in [5.74, 6) is -0.508. The van der Waals surface area contributed by atoms with E-state index in [-0.39, 0.29) is 18.3 Å². The Morgan fingerprint density at radius 2 is 2.06 bits per heavy atom. The Balaban J connectivity index is 2.54. The van der Waals surface area contributed by atoms with Gasteiger partial charge >= 0.3 is 5.97 Å². The van der Waals surface area contributed by atoms with E-state index in [1.807, 2.05) is 13.8 Å². The zero-order chi connectivity index (χ0) is 12.9. The Morgan fingerprint density at radius 1 is 1.41 bits per heavy atom. The summed E-state index contributed by atoms with van der Waals surface area (Å²) < 4.78 is 9.95. The monoisotopic (exact) mass is 241 g/mol. The highest BCUT2D eigenvalue weighted by molar-refractivity contribution is 5.89. The summed E-state index contributed by atoms with van der Waals surface area (Å²) in [4.78, 5) is 23.0. The minimum Gasteiger partial charge on any atom is -0.466 e. The molecule has 5 nitrogen and oxygen atoms in total. The van der Waals surface area contributed by atoms with Gasteiger partial charge in [-0.3, -0.25) is 9.59 Å². The van der Waals surface area contributed by atoms with Gasteiger partial charge in [-0.25, -0.2) is 0 Å². The van der Waals surface area contributed by atoms with E-state index in [1.165, 1.54) is 6.08 Å². The number of nitrogens with one attached hydrogen (secondary N) is 1. The molecule has 1 aliphatic rings. The van der Waals surface area contributed by atoms with Gasteiger partial charge in [0.05, 0.1) is 31.8 Å². The molecule has 0 aromatic carbocycles. The van der Waals surface area contributed by atoms with Gasteiger partial charge in [0.2, 0.25) is 5.91 Å². The highest BCUT2D eigenvalue weighted by atomic mass is 16.5. The molecule has 0 unspecified atom stereocenters. The van der Waals surface area contributed by atoms with Crippen LogP contribution in [0.15, 0.2) is 11.6 Å². The number of carbonyl (C=O) groups is 2. The van der Waals surface area contributed by atoms with E-state index in [9.17, 15) is 9.59 Å². The molecule has 0 aromatic heterocycles. The average molecular weight is 241 g/mol. The topological polar surface area (TPSA) is 64.6 Å². The summed E-state index contributed by atoms with van der Waals surface area (Å²) in [6.45, 7) is 6.49. The van der Waals surface area contributed by atoms with Crippen LogP contribution in [0.1, 0.15) is 27.2 Å². The number of esters is 1. The summed E-state index contributed by atoms with van der Waals surface area (Å²) in [6, 6.07) is 0. The molecule has 17 heavy (non-hydrogen) atoms. The maximum Gasteiger partial charge on any atom is 0.308 e. The zero-order valence-electron chi connectivity index (χ0n) is 10.5. The predicted octanol–water partition coefficient (Wildman–Crippen LogP) is 0.791. The SMILES string of the molecule is CCOC(=O)CC1(NC(=O)C=C(C)C)COC1. The lowest BCUT2D eigenvalue weighted by molar-refractivity contribution is -0.154. The van der Waals surface area contributed by atoms with Gasteiger partial charge in [-0.05, 0) is 20.8 Å². The largest absolute Gasteiger partial charge is 0.466 e. The molecule has 96 valence electrons.